The summed E-state index contributed by atoms with van der Waals surface area (Å²) in [7, 11) is 0. The van der Waals surface area contributed by atoms with Crippen molar-refractivity contribution in [2.45, 2.75) is 68.7 Å². The van der Waals surface area contributed by atoms with Crippen LogP contribution < -0.4 is 5.73 Å². The molecule has 3 saturated heterocycles. The maximum Gasteiger partial charge on any atom is 0.416 e. The molecule has 36 heavy (non-hydrogen) atoms. The molecule has 2 amide bonds. The summed E-state index contributed by atoms with van der Waals surface area (Å²) in [4.78, 5) is 30.3. The van der Waals surface area contributed by atoms with Gasteiger partial charge in [0.05, 0.1) is 35.3 Å². The average molecular weight is 517 g/mol. The van der Waals surface area contributed by atoms with Crippen LogP contribution in [0.5, 0.6) is 0 Å². The van der Waals surface area contributed by atoms with Gasteiger partial charge < -0.3 is 15.5 Å². The monoisotopic (exact) mass is 517 g/mol. The molecule has 3 heterocycles. The van der Waals surface area contributed by atoms with Gasteiger partial charge >= 0.3 is 12.4 Å². The van der Waals surface area contributed by atoms with E-state index in [0.717, 1.165) is 0 Å². The maximum absolute atomic E-state index is 13.3. The molecule has 0 spiro atoms. The number of hydrogen-bond acceptors (Lipinski definition) is 5. The fourth-order valence-electron chi connectivity index (χ4n) is 5.49. The number of nitriles is 1. The first-order chi connectivity index (χ1) is 16.7. The zero-order valence-corrected chi connectivity index (χ0v) is 19.3. The second-order valence-corrected chi connectivity index (χ2v) is 9.55. The Kier molecular flexibility index (Phi) is 6.72. The fraction of sp³-hybridized carbons (Fsp3) is 0.609. The maximum atomic E-state index is 13.3. The lowest BCUT2D eigenvalue weighted by Gasteiger charge is -2.38. The molecule has 2 N–H and O–H groups in total. The number of rotatable bonds is 5. The van der Waals surface area contributed by atoms with Crippen LogP contribution in [0.4, 0.5) is 26.3 Å². The van der Waals surface area contributed by atoms with Crippen molar-refractivity contribution >= 4 is 11.8 Å². The van der Waals surface area contributed by atoms with E-state index in [1.165, 1.54) is 16.7 Å². The number of halogens is 6. The highest BCUT2D eigenvalue weighted by Gasteiger charge is 2.52. The smallest absolute Gasteiger partial charge is 0.330 e. The zero-order valence-electron chi connectivity index (χ0n) is 19.3. The van der Waals surface area contributed by atoms with E-state index in [9.17, 15) is 41.2 Å². The number of nitrogens with zero attached hydrogens (tertiary/aromatic N) is 4. The Morgan fingerprint density at radius 3 is 2.31 bits per heavy atom. The van der Waals surface area contributed by atoms with Crippen molar-refractivity contribution in [3.05, 3.63) is 34.9 Å². The van der Waals surface area contributed by atoms with Crippen molar-refractivity contribution in [3.63, 3.8) is 0 Å². The Balaban J connectivity index is 1.49. The number of alkyl halides is 6. The first-order valence-electron chi connectivity index (χ1n) is 11.5. The van der Waals surface area contributed by atoms with Gasteiger partial charge in [0.1, 0.15) is 6.04 Å². The minimum absolute atomic E-state index is 0.0599. The summed E-state index contributed by atoms with van der Waals surface area (Å²) < 4.78 is 79.7. The van der Waals surface area contributed by atoms with Crippen LogP contribution in [0, 0.1) is 11.3 Å². The van der Waals surface area contributed by atoms with E-state index in [0.29, 0.717) is 37.9 Å². The average Bonchev–Trinajstić information content (AvgIpc) is 3.51. The van der Waals surface area contributed by atoms with Crippen LogP contribution in [0.25, 0.3) is 0 Å². The van der Waals surface area contributed by atoms with Crippen LogP contribution in [0.3, 0.4) is 0 Å². The van der Waals surface area contributed by atoms with E-state index in [1.807, 2.05) is 0 Å². The van der Waals surface area contributed by atoms with Gasteiger partial charge in [0.15, 0.2) is 0 Å². The Bertz CT molecular complexity index is 1050. The zero-order chi connectivity index (χ0) is 26.6. The summed E-state index contributed by atoms with van der Waals surface area (Å²) in [6.45, 7) is 2.18. The molecule has 4 rings (SSSR count). The highest BCUT2D eigenvalue weighted by atomic mass is 19.4. The summed E-state index contributed by atoms with van der Waals surface area (Å²) in [5.41, 5.74) is 2.97. The van der Waals surface area contributed by atoms with Gasteiger partial charge in [0.25, 0.3) is 0 Å². The standard InChI is InChI=1S/C23H25F6N5O2/c1-12(13-5-14(22(24,25)26)7-15(6-13)23(27,28)29)34-17-8-19(21(34)36)32(10-17)11-18(31)20(35)33-4-2-3-16(33)9-30/h5-7,12,16-19H,2-4,8,10-11,31H2,1H3/t12?,16?,17-,18?,19-/m0/s1. The largest absolute Gasteiger partial charge is 0.416 e. The molecule has 1 aromatic carbocycles. The molecular weight excluding hydrogens is 492 g/mol. The Morgan fingerprint density at radius 1 is 1.17 bits per heavy atom. The predicted octanol–water partition coefficient (Wildman–Crippen LogP) is 2.91. The number of likely N-dealkylation sites (tertiary alicyclic amines) is 3. The SMILES string of the molecule is CC(c1cc(C(F)(F)F)cc(C(F)(F)F)c1)N1C(=O)[C@@H]2C[C@H]1CN2CC(N)C(=O)N1CCCC1C#N. The van der Waals surface area contributed by atoms with E-state index in [2.05, 4.69) is 6.07 Å². The normalized spacial score (nSPS) is 26.4. The van der Waals surface area contributed by atoms with Crippen LogP contribution in [0.2, 0.25) is 0 Å². The van der Waals surface area contributed by atoms with Gasteiger partial charge in [-0.15, -0.1) is 0 Å². The molecule has 0 radical (unpaired) electrons. The third-order valence-electron chi connectivity index (χ3n) is 7.26. The minimum atomic E-state index is -4.98. The molecule has 2 bridgehead atoms. The molecule has 3 aliphatic heterocycles. The summed E-state index contributed by atoms with van der Waals surface area (Å²) in [6, 6.07) is -0.208. The summed E-state index contributed by atoms with van der Waals surface area (Å²) in [6.07, 6.45) is -8.37. The lowest BCUT2D eigenvalue weighted by atomic mass is 9.98. The van der Waals surface area contributed by atoms with Crippen molar-refractivity contribution in [2.75, 3.05) is 19.6 Å². The van der Waals surface area contributed by atoms with Crippen LogP contribution in [-0.4, -0.2) is 70.3 Å². The molecule has 196 valence electrons. The number of carbonyl (C=O) groups excluding carboxylic acids is 2. The van der Waals surface area contributed by atoms with Gasteiger partial charge in [-0.2, -0.15) is 31.6 Å². The number of nitrogens with two attached hydrogens (primary N) is 1. The van der Waals surface area contributed by atoms with E-state index < -0.39 is 59.6 Å². The molecule has 7 nitrogen and oxygen atoms in total. The van der Waals surface area contributed by atoms with Crippen molar-refractivity contribution in [1.82, 2.24) is 14.7 Å². The van der Waals surface area contributed by atoms with E-state index >= 15 is 0 Å². The van der Waals surface area contributed by atoms with Crippen LogP contribution in [0.15, 0.2) is 18.2 Å². The topological polar surface area (TPSA) is 93.7 Å². The summed E-state index contributed by atoms with van der Waals surface area (Å²) in [5.74, 6) is -0.816. The third-order valence-corrected chi connectivity index (χ3v) is 7.26. The number of hydrogen-bond donors (Lipinski definition) is 1. The van der Waals surface area contributed by atoms with Gasteiger partial charge in [0, 0.05) is 25.7 Å². The molecule has 3 fully saturated rings. The molecule has 1 aromatic rings. The van der Waals surface area contributed by atoms with E-state index in [-0.39, 0.29) is 30.6 Å². The highest BCUT2D eigenvalue weighted by Crippen LogP contribution is 2.42. The number of fused-ring (bicyclic) bond motifs is 2. The van der Waals surface area contributed by atoms with E-state index in [4.69, 9.17) is 5.73 Å². The first-order valence-corrected chi connectivity index (χ1v) is 11.5. The number of amides is 2. The molecule has 3 aliphatic rings. The Labute approximate surface area is 203 Å². The lowest BCUT2D eigenvalue weighted by Crippen LogP contribution is -2.56. The molecule has 3 unspecified atom stereocenters. The number of piperazine rings is 1. The minimum Gasteiger partial charge on any atom is -0.330 e. The first kappa shape index (κ1) is 26.2. The lowest BCUT2D eigenvalue weighted by molar-refractivity contribution is -0.143. The van der Waals surface area contributed by atoms with Crippen molar-refractivity contribution < 1.29 is 35.9 Å². The summed E-state index contributed by atoms with van der Waals surface area (Å²) in [5, 5.41) is 9.20. The van der Waals surface area contributed by atoms with Crippen molar-refractivity contribution in [1.29, 1.82) is 5.26 Å². The highest BCUT2D eigenvalue weighted by molar-refractivity contribution is 5.87. The van der Waals surface area contributed by atoms with Gasteiger partial charge in [0.2, 0.25) is 11.8 Å². The fourth-order valence-corrected chi connectivity index (χ4v) is 5.49. The molecule has 0 saturated carbocycles. The quantitative estimate of drug-likeness (QED) is 0.607. The van der Waals surface area contributed by atoms with Crippen LogP contribution >= 0.6 is 0 Å². The van der Waals surface area contributed by atoms with Gasteiger partial charge in [-0.25, -0.2) is 0 Å². The predicted molar refractivity (Wildman–Crippen MR) is 114 cm³/mol. The number of benzene rings is 1. The third kappa shape index (κ3) is 4.76. The molecule has 5 atom stereocenters. The second kappa shape index (κ2) is 9.23. The molecule has 0 aromatic heterocycles. The number of carbonyl (C=O) groups is 2. The van der Waals surface area contributed by atoms with Crippen LogP contribution in [-0.2, 0) is 21.9 Å². The van der Waals surface area contributed by atoms with Gasteiger partial charge in [-0.3, -0.25) is 14.5 Å². The van der Waals surface area contributed by atoms with Gasteiger partial charge in [-0.1, -0.05) is 0 Å². The summed E-state index contributed by atoms with van der Waals surface area (Å²) >= 11 is 0. The van der Waals surface area contributed by atoms with E-state index in [1.54, 1.807) is 4.90 Å². The van der Waals surface area contributed by atoms with Gasteiger partial charge in [-0.05, 0) is 49.9 Å². The Morgan fingerprint density at radius 2 is 1.78 bits per heavy atom. The van der Waals surface area contributed by atoms with Crippen LogP contribution in [0.1, 0.15) is 48.9 Å². The van der Waals surface area contributed by atoms with Crippen molar-refractivity contribution in [3.8, 4) is 6.07 Å². The molecule has 13 heteroatoms. The van der Waals surface area contributed by atoms with Crippen molar-refractivity contribution in [2.24, 2.45) is 5.73 Å². The molecular formula is C23H25F6N5O2. The molecule has 0 aliphatic carbocycles. The Hall–Kier alpha value is -2.85. The second-order valence-electron chi connectivity index (χ2n) is 9.55.